The molecule has 5 heteroatoms. The first-order valence-electron chi connectivity index (χ1n) is 6.80. The Labute approximate surface area is 129 Å². The van der Waals surface area contributed by atoms with Crippen LogP contribution in [0.25, 0.3) is 0 Å². The fourth-order valence-electron chi connectivity index (χ4n) is 1.82. The van der Waals surface area contributed by atoms with Crippen LogP contribution in [0.1, 0.15) is 33.3 Å². The molecular weight excluding hydrogens is 320 g/mol. The molecule has 0 aliphatic heterocycles. The lowest BCUT2D eigenvalue weighted by Crippen LogP contribution is -2.40. The highest BCUT2D eigenvalue weighted by Gasteiger charge is 2.17. The van der Waals surface area contributed by atoms with Gasteiger partial charge in [-0.05, 0) is 57.9 Å². The van der Waals surface area contributed by atoms with Crippen molar-refractivity contribution in [2.24, 2.45) is 5.73 Å². The average molecular weight is 343 g/mol. The topological polar surface area (TPSA) is 64.3 Å². The van der Waals surface area contributed by atoms with E-state index in [-0.39, 0.29) is 18.0 Å². The summed E-state index contributed by atoms with van der Waals surface area (Å²) in [7, 11) is 0. The third-order valence-electron chi connectivity index (χ3n) is 2.67. The van der Waals surface area contributed by atoms with Crippen LogP contribution < -0.4 is 15.8 Å². The molecule has 3 N–H and O–H groups in total. The van der Waals surface area contributed by atoms with Gasteiger partial charge in [0, 0.05) is 16.6 Å². The third kappa shape index (κ3) is 5.51. The van der Waals surface area contributed by atoms with E-state index in [1.165, 1.54) is 0 Å². The van der Waals surface area contributed by atoms with Gasteiger partial charge < -0.3 is 15.8 Å². The first kappa shape index (κ1) is 17.0. The summed E-state index contributed by atoms with van der Waals surface area (Å²) in [4.78, 5) is 11.9. The zero-order valence-corrected chi connectivity index (χ0v) is 14.0. The summed E-state index contributed by atoms with van der Waals surface area (Å²) >= 11 is 3.44. The second-order valence-electron chi connectivity index (χ2n) is 5.36. The van der Waals surface area contributed by atoms with Crippen molar-refractivity contribution in [2.75, 3.05) is 0 Å². The smallest absolute Gasteiger partial charge is 0.260 e. The van der Waals surface area contributed by atoms with Gasteiger partial charge in [0.25, 0.3) is 5.91 Å². The Hall–Kier alpha value is -1.07. The van der Waals surface area contributed by atoms with Crippen molar-refractivity contribution in [3.63, 3.8) is 0 Å². The largest absolute Gasteiger partial charge is 0.481 e. The van der Waals surface area contributed by atoms with E-state index in [2.05, 4.69) is 21.2 Å². The predicted octanol–water partition coefficient (Wildman–Crippen LogP) is 2.63. The molecule has 0 aliphatic carbocycles. The monoisotopic (exact) mass is 342 g/mol. The summed E-state index contributed by atoms with van der Waals surface area (Å²) in [6.07, 6.45) is 0.165. The second kappa shape index (κ2) is 7.64. The Balaban J connectivity index is 2.83. The quantitative estimate of drug-likeness (QED) is 0.835. The van der Waals surface area contributed by atoms with Gasteiger partial charge >= 0.3 is 0 Å². The summed E-state index contributed by atoms with van der Waals surface area (Å²) in [6.45, 7) is 7.53. The first-order valence-corrected chi connectivity index (χ1v) is 7.60. The number of nitrogens with one attached hydrogen (secondary N) is 1. The van der Waals surface area contributed by atoms with Gasteiger partial charge in [-0.25, -0.2) is 0 Å². The minimum Gasteiger partial charge on any atom is -0.481 e. The number of halogens is 1. The van der Waals surface area contributed by atoms with Gasteiger partial charge in [0.15, 0.2) is 6.10 Å². The van der Waals surface area contributed by atoms with Crippen molar-refractivity contribution < 1.29 is 9.53 Å². The van der Waals surface area contributed by atoms with Crippen molar-refractivity contribution in [3.8, 4) is 5.75 Å². The summed E-state index contributed by atoms with van der Waals surface area (Å²) in [5, 5.41) is 2.84. The fraction of sp³-hybridized carbons (Fsp3) is 0.533. The van der Waals surface area contributed by atoms with Crippen molar-refractivity contribution in [3.05, 3.63) is 28.2 Å². The number of ether oxygens (including phenoxy) is 1. The first-order chi connectivity index (χ1) is 9.29. The van der Waals surface area contributed by atoms with Gasteiger partial charge in [0.2, 0.25) is 0 Å². The van der Waals surface area contributed by atoms with E-state index in [0.717, 1.165) is 10.0 Å². The van der Waals surface area contributed by atoms with E-state index in [9.17, 15) is 4.79 Å². The molecule has 1 amide bonds. The molecule has 0 bridgehead atoms. The molecule has 1 aromatic rings. The maximum Gasteiger partial charge on any atom is 0.260 e. The molecule has 112 valence electrons. The lowest BCUT2D eigenvalue weighted by atomic mass is 10.1. The van der Waals surface area contributed by atoms with E-state index >= 15 is 0 Å². The highest BCUT2D eigenvalue weighted by molar-refractivity contribution is 9.10. The molecule has 0 aliphatic rings. The van der Waals surface area contributed by atoms with Crippen LogP contribution in [0.2, 0.25) is 0 Å². The molecule has 1 aromatic carbocycles. The molecule has 0 heterocycles. The van der Waals surface area contributed by atoms with Crippen LogP contribution >= 0.6 is 15.9 Å². The number of carbonyl (C=O) groups is 1. The van der Waals surface area contributed by atoms with E-state index in [4.69, 9.17) is 10.5 Å². The van der Waals surface area contributed by atoms with Crippen LogP contribution in [0.3, 0.4) is 0 Å². The minimum atomic E-state index is -0.537. The van der Waals surface area contributed by atoms with Gasteiger partial charge in [-0.1, -0.05) is 15.9 Å². The molecule has 2 atom stereocenters. The Morgan fingerprint density at radius 3 is 2.55 bits per heavy atom. The predicted molar refractivity (Wildman–Crippen MR) is 84.9 cm³/mol. The van der Waals surface area contributed by atoms with Crippen molar-refractivity contribution in [2.45, 2.75) is 52.3 Å². The summed E-state index contributed by atoms with van der Waals surface area (Å²) in [5.41, 5.74) is 6.85. The summed E-state index contributed by atoms with van der Waals surface area (Å²) in [5.74, 6) is 0.589. The summed E-state index contributed by atoms with van der Waals surface area (Å²) < 4.78 is 6.75. The number of rotatable bonds is 6. The maximum atomic E-state index is 11.9. The Morgan fingerprint density at radius 2 is 2.00 bits per heavy atom. The van der Waals surface area contributed by atoms with Crippen molar-refractivity contribution in [1.29, 1.82) is 0 Å². The molecule has 2 unspecified atom stereocenters. The molecular formula is C15H23BrN2O2. The Morgan fingerprint density at radius 1 is 1.35 bits per heavy atom. The Bertz CT molecular complexity index is 461. The number of hydrogen-bond acceptors (Lipinski definition) is 3. The zero-order valence-electron chi connectivity index (χ0n) is 12.4. The summed E-state index contributed by atoms with van der Waals surface area (Å²) in [6, 6.07) is 5.87. The number of amides is 1. The lowest BCUT2D eigenvalue weighted by molar-refractivity contribution is -0.127. The molecule has 0 radical (unpaired) electrons. The van der Waals surface area contributed by atoms with Crippen molar-refractivity contribution in [1.82, 2.24) is 5.32 Å². The molecule has 0 saturated carbocycles. The molecule has 4 nitrogen and oxygen atoms in total. The van der Waals surface area contributed by atoms with Gasteiger partial charge in [-0.15, -0.1) is 0 Å². The normalized spacial score (nSPS) is 13.9. The van der Waals surface area contributed by atoms with Crippen LogP contribution in [-0.2, 0) is 11.2 Å². The average Bonchev–Trinajstić information content (AvgIpc) is 2.30. The van der Waals surface area contributed by atoms with E-state index in [1.54, 1.807) is 6.92 Å². The fourth-order valence-corrected chi connectivity index (χ4v) is 2.22. The highest BCUT2D eigenvalue weighted by Crippen LogP contribution is 2.25. The standard InChI is InChI=1S/C15H23BrN2O2/c1-9(2)18-15(19)11(4)20-14-6-5-13(16)8-12(14)7-10(3)17/h5-6,8-11H,7,17H2,1-4H3,(H,18,19). The van der Waals surface area contributed by atoms with Gasteiger partial charge in [0.1, 0.15) is 5.75 Å². The van der Waals surface area contributed by atoms with Crippen LogP contribution in [0, 0.1) is 0 Å². The zero-order chi connectivity index (χ0) is 15.3. The van der Waals surface area contributed by atoms with Gasteiger partial charge in [0.05, 0.1) is 0 Å². The highest BCUT2D eigenvalue weighted by atomic mass is 79.9. The second-order valence-corrected chi connectivity index (χ2v) is 6.27. The molecule has 0 aromatic heterocycles. The number of carbonyl (C=O) groups excluding carboxylic acids is 1. The Kier molecular flexibility index (Phi) is 6.49. The van der Waals surface area contributed by atoms with E-state index in [0.29, 0.717) is 12.2 Å². The van der Waals surface area contributed by atoms with Crippen LogP contribution in [0.5, 0.6) is 5.75 Å². The maximum absolute atomic E-state index is 11.9. The third-order valence-corrected chi connectivity index (χ3v) is 3.16. The molecule has 0 spiro atoms. The number of benzene rings is 1. The van der Waals surface area contributed by atoms with Gasteiger partial charge in [-0.3, -0.25) is 4.79 Å². The SMILES string of the molecule is CC(N)Cc1cc(Br)ccc1OC(C)C(=O)NC(C)C. The molecule has 0 saturated heterocycles. The lowest BCUT2D eigenvalue weighted by Gasteiger charge is -2.19. The van der Waals surface area contributed by atoms with E-state index < -0.39 is 6.10 Å². The molecule has 1 rings (SSSR count). The van der Waals surface area contributed by atoms with Crippen molar-refractivity contribution >= 4 is 21.8 Å². The number of nitrogens with two attached hydrogens (primary N) is 1. The van der Waals surface area contributed by atoms with Crippen LogP contribution in [-0.4, -0.2) is 24.1 Å². The van der Waals surface area contributed by atoms with E-state index in [1.807, 2.05) is 39.0 Å². The van der Waals surface area contributed by atoms with Crippen LogP contribution in [0.15, 0.2) is 22.7 Å². The van der Waals surface area contributed by atoms with Gasteiger partial charge in [-0.2, -0.15) is 0 Å². The van der Waals surface area contributed by atoms with Crippen LogP contribution in [0.4, 0.5) is 0 Å². The molecule has 0 fully saturated rings. The number of hydrogen-bond donors (Lipinski definition) is 2. The minimum absolute atomic E-state index is 0.0337. The molecule has 20 heavy (non-hydrogen) atoms.